The van der Waals surface area contributed by atoms with E-state index in [0.717, 1.165) is 0 Å². The molecular formula is C17H12Cl2N6O2. The van der Waals surface area contributed by atoms with Crippen molar-refractivity contribution in [3.05, 3.63) is 52.8 Å². The number of rotatable bonds is 3. The van der Waals surface area contributed by atoms with Crippen LogP contribution in [0.4, 0.5) is 11.6 Å². The molecule has 1 aromatic carbocycles. The van der Waals surface area contributed by atoms with Crippen LogP contribution in [0.2, 0.25) is 10.0 Å². The Morgan fingerprint density at radius 3 is 2.85 bits per heavy atom. The lowest BCUT2D eigenvalue weighted by Gasteiger charge is -2.22. The molecule has 0 aliphatic carbocycles. The Kier molecular flexibility index (Phi) is 4.51. The van der Waals surface area contributed by atoms with E-state index in [1.807, 2.05) is 0 Å². The van der Waals surface area contributed by atoms with Gasteiger partial charge in [-0.15, -0.1) is 5.10 Å². The van der Waals surface area contributed by atoms with Crippen LogP contribution in [0.1, 0.15) is 12.5 Å². The van der Waals surface area contributed by atoms with Crippen molar-refractivity contribution in [2.45, 2.75) is 12.5 Å². The van der Waals surface area contributed by atoms with Gasteiger partial charge < -0.3 is 5.32 Å². The number of amides is 2. The molecule has 27 heavy (non-hydrogen) atoms. The summed E-state index contributed by atoms with van der Waals surface area (Å²) in [5.41, 5.74) is 1.15. The fourth-order valence-electron chi connectivity index (χ4n) is 2.68. The summed E-state index contributed by atoms with van der Waals surface area (Å²) in [4.78, 5) is 33.1. The molecule has 0 radical (unpaired) electrons. The Labute approximate surface area is 163 Å². The predicted octanol–water partition coefficient (Wildman–Crippen LogP) is 3.17. The van der Waals surface area contributed by atoms with E-state index in [2.05, 4.69) is 25.7 Å². The number of hydrogen-bond acceptors (Lipinski definition) is 5. The van der Waals surface area contributed by atoms with Crippen molar-refractivity contribution in [3.8, 4) is 11.4 Å². The number of fused-ring (bicyclic) bond motifs is 1. The van der Waals surface area contributed by atoms with Crippen LogP contribution in [0.3, 0.4) is 0 Å². The molecule has 3 aromatic rings. The predicted molar refractivity (Wildman–Crippen MR) is 101 cm³/mol. The first-order valence-corrected chi connectivity index (χ1v) is 8.69. The largest absolute Gasteiger partial charge is 0.324 e. The van der Waals surface area contributed by atoms with Crippen LogP contribution in [0.5, 0.6) is 0 Å². The monoisotopic (exact) mass is 402 g/mol. The van der Waals surface area contributed by atoms with Crippen LogP contribution >= 0.6 is 23.2 Å². The molecule has 0 bridgehead atoms. The average molecular weight is 403 g/mol. The molecule has 0 fully saturated rings. The van der Waals surface area contributed by atoms with Crippen LogP contribution < -0.4 is 10.6 Å². The van der Waals surface area contributed by atoms with Crippen molar-refractivity contribution in [2.24, 2.45) is 0 Å². The Hall–Kier alpha value is -2.97. The molecule has 2 aromatic heterocycles. The number of carbonyl (C=O) groups excluding carboxylic acids is 2. The van der Waals surface area contributed by atoms with Crippen LogP contribution in [0, 0.1) is 0 Å². The van der Waals surface area contributed by atoms with Gasteiger partial charge in [0.05, 0.1) is 16.5 Å². The smallest absolute Gasteiger partial charge is 0.249 e. The molecular weight excluding hydrogens is 391 g/mol. The molecule has 2 amide bonds. The zero-order valence-electron chi connectivity index (χ0n) is 13.7. The van der Waals surface area contributed by atoms with E-state index >= 15 is 0 Å². The van der Waals surface area contributed by atoms with E-state index in [9.17, 15) is 9.59 Å². The second-order valence-electron chi connectivity index (χ2n) is 5.83. The van der Waals surface area contributed by atoms with Crippen molar-refractivity contribution in [3.63, 3.8) is 0 Å². The highest BCUT2D eigenvalue weighted by atomic mass is 35.5. The van der Waals surface area contributed by atoms with E-state index < -0.39 is 11.9 Å². The number of anilines is 2. The summed E-state index contributed by atoms with van der Waals surface area (Å²) in [6.45, 7) is 0. The second kappa shape index (κ2) is 6.98. The molecule has 136 valence electrons. The van der Waals surface area contributed by atoms with Gasteiger partial charge in [-0.1, -0.05) is 23.2 Å². The summed E-state index contributed by atoms with van der Waals surface area (Å²) in [5, 5.41) is 10.4. The minimum absolute atomic E-state index is 0.0595. The Morgan fingerprint density at radius 1 is 1.26 bits per heavy atom. The van der Waals surface area contributed by atoms with E-state index in [-0.39, 0.29) is 18.3 Å². The van der Waals surface area contributed by atoms with Crippen molar-refractivity contribution >= 4 is 46.7 Å². The van der Waals surface area contributed by atoms with Gasteiger partial charge in [0, 0.05) is 23.6 Å². The molecule has 8 nitrogen and oxygen atoms in total. The standard InChI is InChI=1S/C17H12Cl2N6O2/c18-11-4-3-10(6-12(11)19)21-16(27)13-7-14(26)22-17-23-15(24-25(13)17)9-2-1-5-20-8-9/h1-6,8,13H,7H2,(H,21,27)(H,22,23,24,26). The molecule has 1 aliphatic rings. The van der Waals surface area contributed by atoms with Gasteiger partial charge in [0.1, 0.15) is 6.04 Å². The van der Waals surface area contributed by atoms with E-state index in [4.69, 9.17) is 23.2 Å². The number of halogens is 2. The molecule has 3 heterocycles. The molecule has 1 aliphatic heterocycles. The van der Waals surface area contributed by atoms with Crippen molar-refractivity contribution in [1.82, 2.24) is 19.7 Å². The fraction of sp³-hybridized carbons (Fsp3) is 0.118. The van der Waals surface area contributed by atoms with Gasteiger partial charge in [-0.2, -0.15) is 4.98 Å². The first-order valence-electron chi connectivity index (χ1n) is 7.94. The van der Waals surface area contributed by atoms with Gasteiger partial charge >= 0.3 is 0 Å². The number of carbonyl (C=O) groups is 2. The summed E-state index contributed by atoms with van der Waals surface area (Å²) >= 11 is 11.9. The molecule has 1 atom stereocenters. The number of hydrogen-bond donors (Lipinski definition) is 2. The highest BCUT2D eigenvalue weighted by Crippen LogP contribution is 2.29. The first kappa shape index (κ1) is 17.4. The fourth-order valence-corrected chi connectivity index (χ4v) is 2.98. The highest BCUT2D eigenvalue weighted by molar-refractivity contribution is 6.42. The summed E-state index contributed by atoms with van der Waals surface area (Å²) in [6.07, 6.45) is 3.18. The van der Waals surface area contributed by atoms with Crippen LogP contribution in [0.15, 0.2) is 42.7 Å². The maximum absolute atomic E-state index is 12.7. The minimum Gasteiger partial charge on any atom is -0.324 e. The minimum atomic E-state index is -0.846. The summed E-state index contributed by atoms with van der Waals surface area (Å²) < 4.78 is 1.40. The lowest BCUT2D eigenvalue weighted by atomic mass is 10.1. The Bertz CT molecular complexity index is 1040. The molecule has 4 rings (SSSR count). The van der Waals surface area contributed by atoms with Gasteiger partial charge in [0.25, 0.3) is 0 Å². The van der Waals surface area contributed by atoms with Crippen LogP contribution in [-0.2, 0) is 9.59 Å². The topological polar surface area (TPSA) is 102 Å². The van der Waals surface area contributed by atoms with E-state index in [0.29, 0.717) is 27.1 Å². The Balaban J connectivity index is 1.64. The third-order valence-electron chi connectivity index (χ3n) is 3.97. The molecule has 0 saturated carbocycles. The summed E-state index contributed by atoms with van der Waals surface area (Å²) in [5.74, 6) is -0.152. The maximum Gasteiger partial charge on any atom is 0.249 e. The van der Waals surface area contributed by atoms with Crippen LogP contribution in [-0.4, -0.2) is 31.6 Å². The summed E-state index contributed by atoms with van der Waals surface area (Å²) in [7, 11) is 0. The van der Waals surface area contributed by atoms with E-state index in [1.165, 1.54) is 10.7 Å². The molecule has 1 unspecified atom stereocenters. The normalized spacial score (nSPS) is 15.8. The van der Waals surface area contributed by atoms with Gasteiger partial charge in [-0.3, -0.25) is 19.9 Å². The Morgan fingerprint density at radius 2 is 2.11 bits per heavy atom. The molecule has 0 saturated heterocycles. The number of nitrogens with zero attached hydrogens (tertiary/aromatic N) is 4. The summed E-state index contributed by atoms with van der Waals surface area (Å²) in [6, 6.07) is 7.44. The number of benzene rings is 1. The third kappa shape index (κ3) is 3.49. The zero-order valence-corrected chi connectivity index (χ0v) is 15.2. The quantitative estimate of drug-likeness (QED) is 0.700. The number of nitrogens with one attached hydrogen (secondary N) is 2. The lowest BCUT2D eigenvalue weighted by molar-refractivity contribution is -0.125. The molecule has 10 heteroatoms. The highest BCUT2D eigenvalue weighted by Gasteiger charge is 2.33. The van der Waals surface area contributed by atoms with E-state index in [1.54, 1.807) is 36.7 Å². The second-order valence-corrected chi connectivity index (χ2v) is 6.65. The van der Waals surface area contributed by atoms with Gasteiger partial charge in [0.15, 0.2) is 5.82 Å². The number of aromatic nitrogens is 4. The maximum atomic E-state index is 12.7. The lowest BCUT2D eigenvalue weighted by Crippen LogP contribution is -2.36. The van der Waals surface area contributed by atoms with Gasteiger partial charge in [0.2, 0.25) is 17.8 Å². The van der Waals surface area contributed by atoms with Gasteiger partial charge in [-0.05, 0) is 30.3 Å². The van der Waals surface area contributed by atoms with Gasteiger partial charge in [-0.25, -0.2) is 4.68 Å². The number of pyridine rings is 1. The van der Waals surface area contributed by atoms with Crippen molar-refractivity contribution in [2.75, 3.05) is 10.6 Å². The molecule has 0 spiro atoms. The third-order valence-corrected chi connectivity index (χ3v) is 4.71. The first-order chi connectivity index (χ1) is 13.0. The SMILES string of the molecule is O=C1CC(C(=O)Nc2ccc(Cl)c(Cl)c2)n2nc(-c3cccnc3)nc2N1. The van der Waals surface area contributed by atoms with Crippen molar-refractivity contribution in [1.29, 1.82) is 0 Å². The van der Waals surface area contributed by atoms with Crippen LogP contribution in [0.25, 0.3) is 11.4 Å². The zero-order chi connectivity index (χ0) is 19.0. The van der Waals surface area contributed by atoms with Crippen molar-refractivity contribution < 1.29 is 9.59 Å². The molecule has 2 N–H and O–H groups in total. The average Bonchev–Trinajstić information content (AvgIpc) is 3.08.